The summed E-state index contributed by atoms with van der Waals surface area (Å²) in [5, 5.41) is 0. The van der Waals surface area contributed by atoms with Gasteiger partial charge in [-0.15, -0.1) is 0 Å². The number of carbonyl (C=O) groups excluding carboxylic acids is 2. The van der Waals surface area contributed by atoms with Crippen LogP contribution in [0.1, 0.15) is 29.8 Å². The Bertz CT molecular complexity index is 803. The monoisotopic (exact) mass is 396 g/mol. The zero-order valence-corrected chi connectivity index (χ0v) is 15.3. The van der Waals surface area contributed by atoms with E-state index in [1.165, 1.54) is 31.2 Å². The van der Waals surface area contributed by atoms with Crippen LogP contribution in [-0.2, 0) is 20.9 Å². The summed E-state index contributed by atoms with van der Waals surface area (Å²) in [4.78, 5) is 23.8. The maximum absolute atomic E-state index is 13.3. The van der Waals surface area contributed by atoms with Crippen molar-refractivity contribution in [3.05, 3.63) is 65.7 Å². The number of hydrogen-bond donors (Lipinski definition) is 0. The molecule has 5 nitrogen and oxygen atoms in total. The van der Waals surface area contributed by atoms with E-state index in [0.29, 0.717) is 19.3 Å². The lowest BCUT2D eigenvalue weighted by Crippen LogP contribution is -2.53. The van der Waals surface area contributed by atoms with Gasteiger partial charge in [0, 0.05) is 0 Å². The Morgan fingerprint density at radius 2 is 1.57 bits per heavy atom. The molecule has 0 aliphatic heterocycles. The molecule has 2 rings (SSSR count). The maximum atomic E-state index is 13.3. The van der Waals surface area contributed by atoms with Gasteiger partial charge in [-0.05, 0) is 43.7 Å². The zero-order valence-electron chi connectivity index (χ0n) is 15.3. The molecule has 0 bridgehead atoms. The number of rotatable bonds is 7. The molecule has 0 aromatic heterocycles. The number of hydrogen-bond acceptors (Lipinski definition) is 5. The predicted molar refractivity (Wildman–Crippen MR) is 93.7 cm³/mol. The van der Waals surface area contributed by atoms with E-state index in [1.54, 1.807) is 0 Å². The first kappa shape index (κ1) is 21.3. The highest BCUT2D eigenvalue weighted by molar-refractivity contribution is 5.93. The van der Waals surface area contributed by atoms with Gasteiger partial charge < -0.3 is 14.2 Å². The number of ether oxygens (including phenoxy) is 3. The Kier molecular flexibility index (Phi) is 6.66. The number of carbonyl (C=O) groups is 2. The second kappa shape index (κ2) is 8.77. The Labute approximate surface area is 160 Å². The molecule has 2 aromatic carbocycles. The Hall–Kier alpha value is -3.03. The summed E-state index contributed by atoms with van der Waals surface area (Å²) in [6.07, 6.45) is -5.13. The smallest absolute Gasteiger partial charge is 0.439 e. The minimum absolute atomic E-state index is 0.160. The SMILES string of the molecule is CCOC(=O)[C@@](C)(OC(=O)c1ccc(OCc2ccccc2)cc1)C(F)(F)F. The summed E-state index contributed by atoms with van der Waals surface area (Å²) in [6, 6.07) is 14.7. The third kappa shape index (κ3) is 5.03. The molecule has 0 spiro atoms. The molecule has 2 aromatic rings. The average Bonchev–Trinajstić information content (AvgIpc) is 2.66. The Morgan fingerprint density at radius 1 is 0.964 bits per heavy atom. The fourth-order valence-corrected chi connectivity index (χ4v) is 2.16. The molecule has 150 valence electrons. The minimum atomic E-state index is -5.13. The standard InChI is InChI=1S/C20H19F3O5/c1-3-26-18(25)19(2,20(21,22)23)28-17(24)15-9-11-16(12-10-15)27-13-14-7-5-4-6-8-14/h4-12H,3,13H2,1-2H3/t19-/m1/s1. The summed E-state index contributed by atoms with van der Waals surface area (Å²) in [6.45, 7) is 1.82. The van der Waals surface area contributed by atoms with Crippen molar-refractivity contribution in [3.63, 3.8) is 0 Å². The third-order valence-corrected chi connectivity index (χ3v) is 3.84. The number of alkyl halides is 3. The van der Waals surface area contributed by atoms with Gasteiger partial charge in [-0.1, -0.05) is 30.3 Å². The van der Waals surface area contributed by atoms with Crippen molar-refractivity contribution in [1.29, 1.82) is 0 Å². The van der Waals surface area contributed by atoms with Crippen LogP contribution >= 0.6 is 0 Å². The minimum Gasteiger partial charge on any atom is -0.489 e. The molecule has 0 unspecified atom stereocenters. The number of halogens is 3. The summed E-state index contributed by atoms with van der Waals surface area (Å²) >= 11 is 0. The molecule has 0 amide bonds. The van der Waals surface area contributed by atoms with Crippen molar-refractivity contribution in [2.45, 2.75) is 32.2 Å². The molecule has 0 heterocycles. The van der Waals surface area contributed by atoms with Gasteiger partial charge >= 0.3 is 18.1 Å². The molecule has 0 aliphatic rings. The van der Waals surface area contributed by atoms with Crippen LogP contribution in [0.5, 0.6) is 5.75 Å². The molecule has 0 aliphatic carbocycles. The lowest BCUT2D eigenvalue weighted by atomic mass is 10.1. The van der Waals surface area contributed by atoms with E-state index in [1.807, 2.05) is 30.3 Å². The first-order chi connectivity index (χ1) is 13.2. The van der Waals surface area contributed by atoms with Gasteiger partial charge in [-0.3, -0.25) is 0 Å². The highest BCUT2D eigenvalue weighted by Crippen LogP contribution is 2.35. The quantitative estimate of drug-likeness (QED) is 0.653. The van der Waals surface area contributed by atoms with Gasteiger partial charge in [0.2, 0.25) is 0 Å². The van der Waals surface area contributed by atoms with Crippen molar-refractivity contribution in [3.8, 4) is 5.75 Å². The molecule has 0 N–H and O–H groups in total. The van der Waals surface area contributed by atoms with E-state index in [4.69, 9.17) is 4.74 Å². The largest absolute Gasteiger partial charge is 0.489 e. The van der Waals surface area contributed by atoms with E-state index >= 15 is 0 Å². The Balaban J connectivity index is 2.07. The van der Waals surface area contributed by atoms with Gasteiger partial charge in [0.1, 0.15) is 12.4 Å². The van der Waals surface area contributed by atoms with Crippen molar-refractivity contribution in [2.75, 3.05) is 6.61 Å². The molecule has 0 fully saturated rings. The summed E-state index contributed by atoms with van der Waals surface area (Å²) in [5.74, 6) is -2.56. The molecular formula is C20H19F3O5. The molecule has 0 radical (unpaired) electrons. The van der Waals surface area contributed by atoms with Crippen LogP contribution in [0.2, 0.25) is 0 Å². The van der Waals surface area contributed by atoms with Crippen LogP contribution < -0.4 is 4.74 Å². The molecule has 8 heteroatoms. The van der Waals surface area contributed by atoms with Crippen molar-refractivity contribution in [1.82, 2.24) is 0 Å². The van der Waals surface area contributed by atoms with Gasteiger partial charge in [-0.25, -0.2) is 9.59 Å². The Morgan fingerprint density at radius 3 is 2.11 bits per heavy atom. The maximum Gasteiger partial charge on any atom is 0.439 e. The zero-order chi connectivity index (χ0) is 20.8. The van der Waals surface area contributed by atoms with Crippen LogP contribution in [0.4, 0.5) is 13.2 Å². The first-order valence-electron chi connectivity index (χ1n) is 8.41. The molecule has 28 heavy (non-hydrogen) atoms. The molecule has 1 atom stereocenters. The van der Waals surface area contributed by atoms with Crippen LogP contribution in [0.25, 0.3) is 0 Å². The highest BCUT2D eigenvalue weighted by Gasteiger charge is 2.61. The van der Waals surface area contributed by atoms with Crippen LogP contribution in [0.15, 0.2) is 54.6 Å². The van der Waals surface area contributed by atoms with Gasteiger partial charge in [0.25, 0.3) is 5.60 Å². The summed E-state index contributed by atoms with van der Waals surface area (Å²) in [5.41, 5.74) is -2.63. The van der Waals surface area contributed by atoms with E-state index in [0.717, 1.165) is 5.56 Å². The van der Waals surface area contributed by atoms with E-state index in [9.17, 15) is 22.8 Å². The van der Waals surface area contributed by atoms with Crippen molar-refractivity contribution < 1.29 is 37.0 Å². The molecule has 0 saturated heterocycles. The van der Waals surface area contributed by atoms with Gasteiger partial charge in [0.15, 0.2) is 0 Å². The number of benzene rings is 2. The van der Waals surface area contributed by atoms with Crippen LogP contribution in [0.3, 0.4) is 0 Å². The van der Waals surface area contributed by atoms with Crippen LogP contribution in [0, 0.1) is 0 Å². The molecular weight excluding hydrogens is 377 g/mol. The summed E-state index contributed by atoms with van der Waals surface area (Å²) in [7, 11) is 0. The predicted octanol–water partition coefficient (Wildman–Crippen LogP) is 4.31. The van der Waals surface area contributed by atoms with E-state index < -0.39 is 23.7 Å². The summed E-state index contributed by atoms with van der Waals surface area (Å²) < 4.78 is 54.3. The molecule has 0 saturated carbocycles. The van der Waals surface area contributed by atoms with Crippen molar-refractivity contribution in [2.24, 2.45) is 0 Å². The second-order valence-electron chi connectivity index (χ2n) is 5.94. The van der Waals surface area contributed by atoms with Gasteiger partial charge in [-0.2, -0.15) is 13.2 Å². The fourth-order valence-electron chi connectivity index (χ4n) is 2.16. The van der Waals surface area contributed by atoms with Crippen LogP contribution in [-0.4, -0.2) is 30.3 Å². The lowest BCUT2D eigenvalue weighted by molar-refractivity contribution is -0.255. The van der Waals surface area contributed by atoms with E-state index in [2.05, 4.69) is 9.47 Å². The third-order valence-electron chi connectivity index (χ3n) is 3.84. The fraction of sp³-hybridized carbons (Fsp3) is 0.300. The van der Waals surface area contributed by atoms with E-state index in [-0.39, 0.29) is 12.2 Å². The van der Waals surface area contributed by atoms with Crippen molar-refractivity contribution >= 4 is 11.9 Å². The van der Waals surface area contributed by atoms with Gasteiger partial charge in [0.05, 0.1) is 12.2 Å². The average molecular weight is 396 g/mol. The number of esters is 2. The highest BCUT2D eigenvalue weighted by atomic mass is 19.4. The lowest BCUT2D eigenvalue weighted by Gasteiger charge is -2.29. The second-order valence-corrected chi connectivity index (χ2v) is 5.94. The first-order valence-corrected chi connectivity index (χ1v) is 8.41. The topological polar surface area (TPSA) is 61.8 Å². The normalized spacial score (nSPS) is 13.3.